The number of hydrogen-bond donors (Lipinski definition) is 1. The van der Waals surface area contributed by atoms with Crippen molar-refractivity contribution in [2.75, 3.05) is 52.9 Å². The lowest BCUT2D eigenvalue weighted by Crippen LogP contribution is -2.54. The summed E-state index contributed by atoms with van der Waals surface area (Å²) in [6, 6.07) is 4.24. The van der Waals surface area contributed by atoms with E-state index >= 15 is 0 Å². The van der Waals surface area contributed by atoms with Gasteiger partial charge in [-0.2, -0.15) is 0 Å². The molecule has 0 aromatic carbocycles. The van der Waals surface area contributed by atoms with Gasteiger partial charge in [-0.3, -0.25) is 14.7 Å². The number of piperazine rings is 1. The number of furan rings is 1. The summed E-state index contributed by atoms with van der Waals surface area (Å²) in [7, 11) is 1.82. The van der Waals surface area contributed by atoms with Gasteiger partial charge in [-0.15, -0.1) is 24.0 Å². The van der Waals surface area contributed by atoms with Crippen molar-refractivity contribution in [1.82, 2.24) is 20.0 Å². The van der Waals surface area contributed by atoms with Crippen LogP contribution in [-0.4, -0.2) is 79.4 Å². The molecule has 26 heavy (non-hydrogen) atoms. The maximum Gasteiger partial charge on any atom is 0.219 e. The maximum absolute atomic E-state index is 11.5. The van der Waals surface area contributed by atoms with Crippen LogP contribution >= 0.6 is 24.0 Å². The molecule has 1 aromatic heterocycles. The zero-order valence-electron chi connectivity index (χ0n) is 15.7. The predicted molar refractivity (Wildman–Crippen MR) is 113 cm³/mol. The zero-order valence-corrected chi connectivity index (χ0v) is 18.0. The average molecular weight is 475 g/mol. The minimum atomic E-state index is 0. The van der Waals surface area contributed by atoms with Crippen molar-refractivity contribution in [2.45, 2.75) is 25.8 Å². The van der Waals surface area contributed by atoms with Crippen LogP contribution in [0.5, 0.6) is 0 Å². The van der Waals surface area contributed by atoms with Crippen molar-refractivity contribution in [3.8, 4) is 0 Å². The highest BCUT2D eigenvalue weighted by Crippen LogP contribution is 2.24. The van der Waals surface area contributed by atoms with Crippen LogP contribution < -0.4 is 5.32 Å². The Labute approximate surface area is 172 Å². The van der Waals surface area contributed by atoms with Gasteiger partial charge >= 0.3 is 0 Å². The summed E-state index contributed by atoms with van der Waals surface area (Å²) in [5.41, 5.74) is 0. The highest BCUT2D eigenvalue weighted by molar-refractivity contribution is 14.0. The standard InChI is InChI=1S/C18H29N5O2.HI/c1-15(24)21-9-11-23(12-10-21)18(19-2)20-14-16(17-6-5-13-25-17)22-7-3-4-8-22;/h5-6,13,16H,3-4,7-12,14H2,1-2H3,(H,19,20);1H. The van der Waals surface area contributed by atoms with Crippen LogP contribution in [0.1, 0.15) is 31.6 Å². The summed E-state index contributed by atoms with van der Waals surface area (Å²) < 4.78 is 5.68. The molecular formula is C18H30IN5O2. The molecule has 0 spiro atoms. The number of nitrogens with one attached hydrogen (secondary N) is 1. The van der Waals surface area contributed by atoms with E-state index in [4.69, 9.17) is 4.42 Å². The number of carbonyl (C=O) groups is 1. The molecule has 146 valence electrons. The summed E-state index contributed by atoms with van der Waals surface area (Å²) in [5.74, 6) is 2.06. The molecule has 0 saturated carbocycles. The largest absolute Gasteiger partial charge is 0.468 e. The molecule has 3 rings (SSSR count). The van der Waals surface area contributed by atoms with Crippen LogP contribution in [0.15, 0.2) is 27.8 Å². The molecule has 1 unspecified atom stereocenters. The third-order valence-corrected chi connectivity index (χ3v) is 5.14. The normalized spacial score (nSPS) is 20.0. The molecule has 7 nitrogen and oxygen atoms in total. The van der Waals surface area contributed by atoms with Gasteiger partial charge in [-0.1, -0.05) is 0 Å². The molecule has 2 aliphatic rings. The monoisotopic (exact) mass is 475 g/mol. The number of likely N-dealkylation sites (tertiary alicyclic amines) is 1. The molecule has 0 bridgehead atoms. The Morgan fingerprint density at radius 3 is 2.38 bits per heavy atom. The second kappa shape index (κ2) is 10.1. The molecule has 1 atom stereocenters. The van der Waals surface area contributed by atoms with E-state index in [1.54, 1.807) is 13.2 Å². The van der Waals surface area contributed by atoms with Gasteiger partial charge < -0.3 is 19.5 Å². The first kappa shape index (κ1) is 21.0. The maximum atomic E-state index is 11.5. The van der Waals surface area contributed by atoms with Crippen LogP contribution in [0.3, 0.4) is 0 Å². The van der Waals surface area contributed by atoms with Crippen LogP contribution in [0.25, 0.3) is 0 Å². The second-order valence-electron chi connectivity index (χ2n) is 6.70. The Hall–Kier alpha value is -1.29. The third-order valence-electron chi connectivity index (χ3n) is 5.14. The Balaban J connectivity index is 0.00000243. The topological polar surface area (TPSA) is 64.3 Å². The van der Waals surface area contributed by atoms with Crippen LogP contribution in [0.2, 0.25) is 0 Å². The Morgan fingerprint density at radius 1 is 1.19 bits per heavy atom. The highest BCUT2D eigenvalue weighted by Gasteiger charge is 2.27. The van der Waals surface area contributed by atoms with Gasteiger partial charge in [0, 0.05) is 46.7 Å². The minimum absolute atomic E-state index is 0. The van der Waals surface area contributed by atoms with Crippen molar-refractivity contribution in [3.63, 3.8) is 0 Å². The molecule has 8 heteroatoms. The van der Waals surface area contributed by atoms with Gasteiger partial charge in [0.05, 0.1) is 12.3 Å². The third kappa shape index (κ3) is 5.12. The van der Waals surface area contributed by atoms with Crippen molar-refractivity contribution in [2.24, 2.45) is 4.99 Å². The number of halogens is 1. The van der Waals surface area contributed by atoms with Gasteiger partial charge in [0.25, 0.3) is 0 Å². The lowest BCUT2D eigenvalue weighted by molar-refractivity contribution is -0.130. The van der Waals surface area contributed by atoms with E-state index in [9.17, 15) is 4.79 Å². The lowest BCUT2D eigenvalue weighted by atomic mass is 10.2. The highest BCUT2D eigenvalue weighted by atomic mass is 127. The minimum Gasteiger partial charge on any atom is -0.468 e. The molecular weight excluding hydrogens is 445 g/mol. The molecule has 1 N–H and O–H groups in total. The SMILES string of the molecule is CN=C(NCC(c1ccco1)N1CCCC1)N1CCN(C(C)=O)CC1.I. The fourth-order valence-corrected chi connectivity index (χ4v) is 3.70. The molecule has 0 radical (unpaired) electrons. The van der Waals surface area contributed by atoms with E-state index < -0.39 is 0 Å². The van der Waals surface area contributed by atoms with Crippen LogP contribution in [0.4, 0.5) is 0 Å². The second-order valence-corrected chi connectivity index (χ2v) is 6.70. The van der Waals surface area contributed by atoms with Gasteiger partial charge in [0.15, 0.2) is 5.96 Å². The van der Waals surface area contributed by atoms with Gasteiger partial charge in [0.1, 0.15) is 5.76 Å². The van der Waals surface area contributed by atoms with Gasteiger partial charge in [0.2, 0.25) is 5.91 Å². The average Bonchev–Trinajstić information content (AvgIpc) is 3.33. The molecule has 3 heterocycles. The first-order valence-corrected chi connectivity index (χ1v) is 9.17. The summed E-state index contributed by atoms with van der Waals surface area (Å²) in [4.78, 5) is 22.5. The number of carbonyl (C=O) groups excluding carboxylic acids is 1. The quantitative estimate of drug-likeness (QED) is 0.409. The molecule has 0 aliphatic carbocycles. The number of rotatable bonds is 4. The number of amides is 1. The summed E-state index contributed by atoms with van der Waals surface area (Å²) in [6.07, 6.45) is 4.24. The fraction of sp³-hybridized carbons (Fsp3) is 0.667. The Bertz CT molecular complexity index is 578. The summed E-state index contributed by atoms with van der Waals surface area (Å²) >= 11 is 0. The molecule has 1 aromatic rings. The number of hydrogen-bond acceptors (Lipinski definition) is 4. The van der Waals surface area contributed by atoms with Gasteiger partial charge in [-0.25, -0.2) is 0 Å². The van der Waals surface area contributed by atoms with E-state index in [1.165, 1.54) is 12.8 Å². The van der Waals surface area contributed by atoms with Gasteiger partial charge in [-0.05, 0) is 38.1 Å². The molecule has 1 amide bonds. The summed E-state index contributed by atoms with van der Waals surface area (Å²) in [5, 5.41) is 3.52. The Kier molecular flexibility index (Phi) is 8.20. The predicted octanol–water partition coefficient (Wildman–Crippen LogP) is 1.77. The zero-order chi connectivity index (χ0) is 17.6. The number of aliphatic imine (C=N–C) groups is 1. The van der Waals surface area contributed by atoms with E-state index in [1.807, 2.05) is 18.0 Å². The van der Waals surface area contributed by atoms with Crippen molar-refractivity contribution < 1.29 is 9.21 Å². The van der Waals surface area contributed by atoms with E-state index in [0.717, 1.165) is 57.5 Å². The molecule has 2 fully saturated rings. The van der Waals surface area contributed by atoms with Crippen LogP contribution in [-0.2, 0) is 4.79 Å². The smallest absolute Gasteiger partial charge is 0.219 e. The van der Waals surface area contributed by atoms with E-state index in [2.05, 4.69) is 26.2 Å². The van der Waals surface area contributed by atoms with E-state index in [0.29, 0.717) is 0 Å². The Morgan fingerprint density at radius 2 is 1.85 bits per heavy atom. The first-order chi connectivity index (χ1) is 12.2. The van der Waals surface area contributed by atoms with Crippen molar-refractivity contribution in [1.29, 1.82) is 0 Å². The molecule has 2 aliphatic heterocycles. The van der Waals surface area contributed by atoms with Crippen LogP contribution in [0, 0.1) is 0 Å². The number of nitrogens with zero attached hydrogens (tertiary/aromatic N) is 4. The van der Waals surface area contributed by atoms with E-state index in [-0.39, 0.29) is 35.9 Å². The molecule has 2 saturated heterocycles. The fourth-order valence-electron chi connectivity index (χ4n) is 3.70. The first-order valence-electron chi connectivity index (χ1n) is 9.17. The van der Waals surface area contributed by atoms with Crippen molar-refractivity contribution in [3.05, 3.63) is 24.2 Å². The number of guanidine groups is 1. The summed E-state index contributed by atoms with van der Waals surface area (Å²) in [6.45, 7) is 7.77. The lowest BCUT2D eigenvalue weighted by Gasteiger charge is -2.36. The van der Waals surface area contributed by atoms with Crippen molar-refractivity contribution >= 4 is 35.8 Å².